The van der Waals surface area contributed by atoms with Crippen molar-refractivity contribution in [3.8, 4) is 0 Å². The molecule has 1 aliphatic heterocycles. The molecule has 3 heteroatoms. The SMILES string of the molecule is CC1NC(C)NC(C)N1. The first-order valence-electron chi connectivity index (χ1n) is 3.46. The lowest BCUT2D eigenvalue weighted by molar-refractivity contribution is 0.233. The molecule has 0 saturated carbocycles. The van der Waals surface area contributed by atoms with Gasteiger partial charge in [0.1, 0.15) is 0 Å². The summed E-state index contributed by atoms with van der Waals surface area (Å²) in [7, 11) is 0. The van der Waals surface area contributed by atoms with Gasteiger partial charge in [-0.2, -0.15) is 0 Å². The van der Waals surface area contributed by atoms with E-state index >= 15 is 0 Å². The molecule has 0 radical (unpaired) electrons. The van der Waals surface area contributed by atoms with Crippen molar-refractivity contribution in [1.29, 1.82) is 0 Å². The molecule has 0 aromatic heterocycles. The molecule has 1 aliphatic rings. The van der Waals surface area contributed by atoms with Crippen molar-refractivity contribution in [1.82, 2.24) is 16.0 Å². The number of hydrogen-bond acceptors (Lipinski definition) is 3. The fourth-order valence-electron chi connectivity index (χ4n) is 1.27. The Bertz CT molecular complexity index is 69.3. The first-order chi connectivity index (χ1) is 4.18. The lowest BCUT2D eigenvalue weighted by Crippen LogP contribution is -2.64. The van der Waals surface area contributed by atoms with Crippen molar-refractivity contribution in [3.05, 3.63) is 0 Å². The topological polar surface area (TPSA) is 36.1 Å². The molecular weight excluding hydrogens is 114 g/mol. The van der Waals surface area contributed by atoms with E-state index in [2.05, 4.69) is 36.7 Å². The molecule has 0 spiro atoms. The quantitative estimate of drug-likeness (QED) is 0.424. The predicted octanol–water partition coefficient (Wildman–Crippen LogP) is -0.193. The molecular formula is C6H15N3. The molecule has 3 N–H and O–H groups in total. The van der Waals surface area contributed by atoms with Crippen LogP contribution in [0.1, 0.15) is 20.8 Å². The minimum atomic E-state index is 0.427. The Morgan fingerprint density at radius 1 is 0.667 bits per heavy atom. The van der Waals surface area contributed by atoms with E-state index in [9.17, 15) is 0 Å². The molecule has 1 saturated heterocycles. The first kappa shape index (κ1) is 6.99. The molecule has 1 rings (SSSR count). The van der Waals surface area contributed by atoms with Crippen LogP contribution in [0.15, 0.2) is 0 Å². The predicted molar refractivity (Wildman–Crippen MR) is 37.8 cm³/mol. The van der Waals surface area contributed by atoms with Crippen LogP contribution in [0.3, 0.4) is 0 Å². The molecule has 3 nitrogen and oxygen atoms in total. The van der Waals surface area contributed by atoms with E-state index in [-0.39, 0.29) is 0 Å². The van der Waals surface area contributed by atoms with E-state index in [1.54, 1.807) is 0 Å². The maximum absolute atomic E-state index is 3.29. The second-order valence-corrected chi connectivity index (χ2v) is 2.67. The Kier molecular flexibility index (Phi) is 2.05. The largest absolute Gasteiger partial charge is 0.287 e. The standard InChI is InChI=1S/C6H15N3/c1-4-7-5(2)9-6(3)8-4/h4-9H,1-3H3. The third-order valence-electron chi connectivity index (χ3n) is 1.50. The van der Waals surface area contributed by atoms with Gasteiger partial charge in [0, 0.05) is 0 Å². The van der Waals surface area contributed by atoms with E-state index in [0.717, 1.165) is 0 Å². The highest BCUT2D eigenvalue weighted by molar-refractivity contribution is 4.74. The normalized spacial score (nSPS) is 45.0. The van der Waals surface area contributed by atoms with Gasteiger partial charge in [-0.3, -0.25) is 16.0 Å². The Hall–Kier alpha value is -0.120. The van der Waals surface area contributed by atoms with Crippen LogP contribution >= 0.6 is 0 Å². The van der Waals surface area contributed by atoms with Crippen molar-refractivity contribution < 1.29 is 0 Å². The van der Waals surface area contributed by atoms with Crippen LogP contribution in [0.2, 0.25) is 0 Å². The average Bonchev–Trinajstić information content (AvgIpc) is 1.59. The zero-order valence-corrected chi connectivity index (χ0v) is 6.23. The molecule has 0 amide bonds. The molecule has 1 heterocycles. The molecule has 0 aromatic carbocycles. The Balaban J connectivity index is 2.34. The minimum absolute atomic E-state index is 0.427. The summed E-state index contributed by atoms with van der Waals surface area (Å²) >= 11 is 0. The molecule has 9 heavy (non-hydrogen) atoms. The smallest absolute Gasteiger partial charge is 0.0566 e. The fraction of sp³-hybridized carbons (Fsp3) is 1.00. The maximum atomic E-state index is 3.29. The molecule has 0 bridgehead atoms. The van der Waals surface area contributed by atoms with E-state index in [4.69, 9.17) is 0 Å². The highest BCUT2D eigenvalue weighted by Gasteiger charge is 2.16. The van der Waals surface area contributed by atoms with Gasteiger partial charge < -0.3 is 0 Å². The minimum Gasteiger partial charge on any atom is -0.287 e. The average molecular weight is 129 g/mol. The molecule has 1 fully saturated rings. The molecule has 0 aromatic rings. The van der Waals surface area contributed by atoms with Gasteiger partial charge >= 0.3 is 0 Å². The van der Waals surface area contributed by atoms with E-state index in [1.165, 1.54) is 0 Å². The Morgan fingerprint density at radius 2 is 0.889 bits per heavy atom. The van der Waals surface area contributed by atoms with Gasteiger partial charge in [-0.05, 0) is 20.8 Å². The molecule has 0 unspecified atom stereocenters. The Labute approximate surface area is 56.2 Å². The van der Waals surface area contributed by atoms with Gasteiger partial charge in [0.25, 0.3) is 0 Å². The van der Waals surface area contributed by atoms with E-state index < -0.39 is 0 Å². The molecule has 0 aliphatic carbocycles. The van der Waals surface area contributed by atoms with Crippen molar-refractivity contribution in [3.63, 3.8) is 0 Å². The third-order valence-corrected chi connectivity index (χ3v) is 1.50. The van der Waals surface area contributed by atoms with Crippen molar-refractivity contribution in [2.75, 3.05) is 0 Å². The van der Waals surface area contributed by atoms with E-state index in [1.807, 2.05) is 0 Å². The highest BCUT2D eigenvalue weighted by Crippen LogP contribution is 1.90. The summed E-state index contributed by atoms with van der Waals surface area (Å²) in [4.78, 5) is 0. The summed E-state index contributed by atoms with van der Waals surface area (Å²) < 4.78 is 0. The lowest BCUT2D eigenvalue weighted by Gasteiger charge is -2.33. The number of rotatable bonds is 0. The van der Waals surface area contributed by atoms with Gasteiger partial charge in [0.15, 0.2) is 0 Å². The van der Waals surface area contributed by atoms with Crippen LogP contribution in [0.5, 0.6) is 0 Å². The summed E-state index contributed by atoms with van der Waals surface area (Å²) in [5, 5.41) is 9.86. The number of hydrogen-bond donors (Lipinski definition) is 3. The van der Waals surface area contributed by atoms with Crippen LogP contribution in [-0.2, 0) is 0 Å². The zero-order chi connectivity index (χ0) is 6.85. The van der Waals surface area contributed by atoms with E-state index in [0.29, 0.717) is 18.5 Å². The fourth-order valence-corrected chi connectivity index (χ4v) is 1.27. The summed E-state index contributed by atoms with van der Waals surface area (Å²) in [6.07, 6.45) is 1.28. The second kappa shape index (κ2) is 2.64. The summed E-state index contributed by atoms with van der Waals surface area (Å²) in [5.41, 5.74) is 0. The van der Waals surface area contributed by atoms with Crippen LogP contribution in [0.4, 0.5) is 0 Å². The third kappa shape index (κ3) is 1.93. The highest BCUT2D eigenvalue weighted by atomic mass is 15.3. The monoisotopic (exact) mass is 129 g/mol. The molecule has 0 atom stereocenters. The van der Waals surface area contributed by atoms with Crippen LogP contribution < -0.4 is 16.0 Å². The van der Waals surface area contributed by atoms with Crippen LogP contribution in [0.25, 0.3) is 0 Å². The van der Waals surface area contributed by atoms with Crippen LogP contribution in [0, 0.1) is 0 Å². The maximum Gasteiger partial charge on any atom is 0.0566 e. The summed E-state index contributed by atoms with van der Waals surface area (Å²) in [5.74, 6) is 0. The summed E-state index contributed by atoms with van der Waals surface area (Å²) in [6.45, 7) is 6.36. The van der Waals surface area contributed by atoms with Gasteiger partial charge in [-0.25, -0.2) is 0 Å². The second-order valence-electron chi connectivity index (χ2n) is 2.67. The van der Waals surface area contributed by atoms with Crippen molar-refractivity contribution >= 4 is 0 Å². The van der Waals surface area contributed by atoms with Gasteiger partial charge in [0.2, 0.25) is 0 Å². The van der Waals surface area contributed by atoms with Gasteiger partial charge in [0.05, 0.1) is 18.5 Å². The van der Waals surface area contributed by atoms with Gasteiger partial charge in [-0.1, -0.05) is 0 Å². The van der Waals surface area contributed by atoms with Crippen LogP contribution in [-0.4, -0.2) is 18.5 Å². The van der Waals surface area contributed by atoms with Gasteiger partial charge in [-0.15, -0.1) is 0 Å². The van der Waals surface area contributed by atoms with Crippen molar-refractivity contribution in [2.45, 2.75) is 39.3 Å². The lowest BCUT2D eigenvalue weighted by atomic mass is 10.3. The summed E-state index contributed by atoms with van der Waals surface area (Å²) in [6, 6.07) is 0. The van der Waals surface area contributed by atoms with Crippen molar-refractivity contribution in [2.24, 2.45) is 0 Å². The Morgan fingerprint density at radius 3 is 1.11 bits per heavy atom. The molecule has 54 valence electrons. The first-order valence-corrected chi connectivity index (χ1v) is 3.46. The number of nitrogens with one attached hydrogen (secondary N) is 3. The zero-order valence-electron chi connectivity index (χ0n) is 6.23.